The van der Waals surface area contributed by atoms with Crippen molar-refractivity contribution in [3.63, 3.8) is 0 Å². The minimum absolute atomic E-state index is 0.0503. The summed E-state index contributed by atoms with van der Waals surface area (Å²) in [6.45, 7) is 3.14. The Morgan fingerprint density at radius 1 is 0.812 bits per heavy atom. The van der Waals surface area contributed by atoms with E-state index in [1.807, 2.05) is 78.9 Å². The molecule has 0 radical (unpaired) electrons. The number of carboxylic acids is 1. The van der Waals surface area contributed by atoms with E-state index in [4.69, 9.17) is 4.74 Å². The van der Waals surface area contributed by atoms with Gasteiger partial charge in [-0.1, -0.05) is 85.8 Å². The number of rotatable bonds is 14. The van der Waals surface area contributed by atoms with E-state index in [9.17, 15) is 29.1 Å². The molecule has 1 N–H and O–H groups in total. The molecular weight excluding hydrogens is 608 g/mol. The number of amides is 2. The fourth-order valence-electron chi connectivity index (χ4n) is 7.03. The number of hydrogen-bond donors (Lipinski definition) is 1. The second-order valence-electron chi connectivity index (χ2n) is 13.0. The van der Waals surface area contributed by atoms with Crippen molar-refractivity contribution < 1.29 is 33.8 Å². The molecule has 252 valence electrons. The highest BCUT2D eigenvalue weighted by Gasteiger charge is 2.36. The lowest BCUT2D eigenvalue weighted by Gasteiger charge is -2.32. The van der Waals surface area contributed by atoms with Crippen LogP contribution in [0.1, 0.15) is 68.1 Å². The van der Waals surface area contributed by atoms with Gasteiger partial charge in [-0.05, 0) is 53.5 Å². The SMILES string of the molecule is C[C@H](CC(=O)[C@H](Cc1ccccc1)N(C)C(=O)[C@H](CC(=O)O)CC(=O)OCC1c2ccccc2-c2ccccc21)C(=O)N1CCCCC1. The van der Waals surface area contributed by atoms with Crippen molar-refractivity contribution >= 4 is 29.5 Å². The quantitative estimate of drug-likeness (QED) is 0.228. The van der Waals surface area contributed by atoms with Gasteiger partial charge in [0.1, 0.15) is 6.61 Å². The average molecular weight is 653 g/mol. The van der Waals surface area contributed by atoms with E-state index in [0.29, 0.717) is 13.1 Å². The Bertz CT molecular complexity index is 1590. The summed E-state index contributed by atoms with van der Waals surface area (Å²) in [5.41, 5.74) is 5.06. The summed E-state index contributed by atoms with van der Waals surface area (Å²) in [5.74, 6) is -4.89. The van der Waals surface area contributed by atoms with Gasteiger partial charge in [-0.25, -0.2) is 0 Å². The second-order valence-corrected chi connectivity index (χ2v) is 13.0. The molecule has 3 aromatic carbocycles. The maximum absolute atomic E-state index is 13.9. The fourth-order valence-corrected chi connectivity index (χ4v) is 7.03. The number of Topliss-reactive ketones (excluding diaryl/α,β-unsaturated/α-hetero) is 1. The number of fused-ring (bicyclic) bond motifs is 3. The Labute approximate surface area is 281 Å². The smallest absolute Gasteiger partial charge is 0.306 e. The lowest BCUT2D eigenvalue weighted by molar-refractivity contribution is -0.153. The van der Waals surface area contributed by atoms with Crippen molar-refractivity contribution in [3.8, 4) is 11.1 Å². The number of carbonyl (C=O) groups excluding carboxylic acids is 4. The lowest BCUT2D eigenvalue weighted by Crippen LogP contribution is -2.48. The molecule has 9 heteroatoms. The molecule has 0 unspecified atom stereocenters. The average Bonchev–Trinajstić information content (AvgIpc) is 3.42. The number of ketones is 1. The number of piperidine rings is 1. The third kappa shape index (κ3) is 8.19. The van der Waals surface area contributed by atoms with Crippen LogP contribution in [0, 0.1) is 11.8 Å². The number of benzene rings is 3. The van der Waals surface area contributed by atoms with E-state index in [0.717, 1.165) is 47.1 Å². The molecular formula is C39H44N2O7. The highest BCUT2D eigenvalue weighted by atomic mass is 16.5. The maximum Gasteiger partial charge on any atom is 0.306 e. The van der Waals surface area contributed by atoms with E-state index in [1.165, 1.54) is 11.9 Å². The summed E-state index contributed by atoms with van der Waals surface area (Å²) in [5, 5.41) is 9.70. The van der Waals surface area contributed by atoms with E-state index in [1.54, 1.807) is 11.8 Å². The summed E-state index contributed by atoms with van der Waals surface area (Å²) in [7, 11) is 1.47. The Morgan fingerprint density at radius 3 is 2.00 bits per heavy atom. The fraction of sp³-hybridized carbons (Fsp3) is 0.410. The van der Waals surface area contributed by atoms with Crippen molar-refractivity contribution in [2.45, 2.75) is 63.8 Å². The molecule has 9 nitrogen and oxygen atoms in total. The van der Waals surface area contributed by atoms with Gasteiger partial charge in [-0.15, -0.1) is 0 Å². The molecule has 2 aliphatic rings. The molecule has 1 fully saturated rings. The normalized spacial score (nSPS) is 15.8. The summed E-state index contributed by atoms with van der Waals surface area (Å²) in [6, 6.07) is 24.2. The summed E-state index contributed by atoms with van der Waals surface area (Å²) in [4.78, 5) is 69.1. The van der Waals surface area contributed by atoms with Crippen LogP contribution < -0.4 is 0 Å². The highest BCUT2D eigenvalue weighted by molar-refractivity contribution is 5.94. The summed E-state index contributed by atoms with van der Waals surface area (Å²) < 4.78 is 5.71. The molecule has 0 bridgehead atoms. The number of likely N-dealkylation sites (tertiary alicyclic amines) is 1. The van der Waals surface area contributed by atoms with E-state index < -0.39 is 48.6 Å². The number of likely N-dealkylation sites (N-methyl/N-ethyl adjacent to an activating group) is 1. The van der Waals surface area contributed by atoms with E-state index in [2.05, 4.69) is 0 Å². The van der Waals surface area contributed by atoms with Crippen LogP contribution in [0.5, 0.6) is 0 Å². The first-order valence-corrected chi connectivity index (χ1v) is 16.8. The van der Waals surface area contributed by atoms with Gasteiger partial charge in [0.2, 0.25) is 11.8 Å². The molecule has 5 rings (SSSR count). The van der Waals surface area contributed by atoms with Gasteiger partial charge in [-0.3, -0.25) is 24.0 Å². The van der Waals surface area contributed by atoms with E-state index in [-0.39, 0.29) is 37.1 Å². The number of hydrogen-bond acceptors (Lipinski definition) is 6. The number of ether oxygens (including phenoxy) is 1. The second kappa shape index (κ2) is 15.9. The topological polar surface area (TPSA) is 121 Å². The van der Waals surface area contributed by atoms with Crippen molar-refractivity contribution in [2.75, 3.05) is 26.7 Å². The van der Waals surface area contributed by atoms with Gasteiger partial charge in [-0.2, -0.15) is 0 Å². The van der Waals surface area contributed by atoms with Crippen LogP contribution in [0.2, 0.25) is 0 Å². The lowest BCUT2D eigenvalue weighted by atomic mass is 9.92. The molecule has 1 aliphatic heterocycles. The van der Waals surface area contributed by atoms with Crippen LogP contribution in [-0.2, 0) is 35.1 Å². The molecule has 48 heavy (non-hydrogen) atoms. The third-order valence-corrected chi connectivity index (χ3v) is 9.61. The van der Waals surface area contributed by atoms with Crippen molar-refractivity contribution in [2.24, 2.45) is 11.8 Å². The largest absolute Gasteiger partial charge is 0.481 e. The van der Waals surface area contributed by atoms with Crippen LogP contribution >= 0.6 is 0 Å². The number of nitrogens with zero attached hydrogens (tertiary/aromatic N) is 2. The molecule has 1 aliphatic carbocycles. The van der Waals surface area contributed by atoms with Crippen molar-refractivity contribution in [1.29, 1.82) is 0 Å². The molecule has 0 aromatic heterocycles. The predicted molar refractivity (Wildman–Crippen MR) is 181 cm³/mol. The van der Waals surface area contributed by atoms with Gasteiger partial charge >= 0.3 is 11.9 Å². The number of esters is 1. The molecule has 3 atom stereocenters. The number of carboxylic acid groups (broad SMARTS) is 1. The monoisotopic (exact) mass is 652 g/mol. The molecule has 2 amide bonds. The third-order valence-electron chi connectivity index (χ3n) is 9.61. The van der Waals surface area contributed by atoms with Crippen LogP contribution in [0.15, 0.2) is 78.9 Å². The minimum atomic E-state index is -1.24. The Balaban J connectivity index is 1.28. The predicted octanol–water partition coefficient (Wildman–Crippen LogP) is 5.50. The van der Waals surface area contributed by atoms with Gasteiger partial charge in [0.05, 0.1) is 24.8 Å². The standard InChI is InChI=1S/C39H44N2O7/c1-26(38(46)41-19-11-4-12-20-41)21-35(42)34(22-27-13-5-3-6-14-27)40(2)39(47)28(23-36(43)44)24-37(45)48-25-33-31-17-9-7-15-29(31)30-16-8-10-18-32(30)33/h3,5-10,13-18,26,28,33-34H,4,11-12,19-25H2,1-2H3,(H,43,44)/t26-,28-,34+/m1/s1. The summed E-state index contributed by atoms with van der Waals surface area (Å²) in [6.07, 6.45) is 2.06. The Hall–Kier alpha value is -4.79. The van der Waals surface area contributed by atoms with Crippen LogP contribution in [0.4, 0.5) is 0 Å². The Morgan fingerprint density at radius 2 is 1.40 bits per heavy atom. The zero-order valence-electron chi connectivity index (χ0n) is 27.7. The molecule has 1 saturated heterocycles. The van der Waals surface area contributed by atoms with Crippen LogP contribution in [0.25, 0.3) is 11.1 Å². The molecule has 1 heterocycles. The highest BCUT2D eigenvalue weighted by Crippen LogP contribution is 2.44. The van der Waals surface area contributed by atoms with Crippen molar-refractivity contribution in [1.82, 2.24) is 9.80 Å². The van der Waals surface area contributed by atoms with Gasteiger partial charge < -0.3 is 19.6 Å². The first kappa shape index (κ1) is 34.5. The zero-order chi connectivity index (χ0) is 34.2. The van der Waals surface area contributed by atoms with E-state index >= 15 is 0 Å². The van der Waals surface area contributed by atoms with Gasteiger partial charge in [0, 0.05) is 38.4 Å². The zero-order valence-corrected chi connectivity index (χ0v) is 27.7. The first-order chi connectivity index (χ1) is 23.1. The maximum atomic E-state index is 13.9. The first-order valence-electron chi connectivity index (χ1n) is 16.8. The summed E-state index contributed by atoms with van der Waals surface area (Å²) >= 11 is 0. The molecule has 0 spiro atoms. The molecule has 0 saturated carbocycles. The van der Waals surface area contributed by atoms with Crippen LogP contribution in [0.3, 0.4) is 0 Å². The van der Waals surface area contributed by atoms with Crippen molar-refractivity contribution in [3.05, 3.63) is 95.6 Å². The minimum Gasteiger partial charge on any atom is -0.481 e. The van der Waals surface area contributed by atoms with Gasteiger partial charge in [0.25, 0.3) is 0 Å². The Kier molecular flexibility index (Phi) is 11.4. The number of carbonyl (C=O) groups is 5. The van der Waals surface area contributed by atoms with Crippen LogP contribution in [-0.4, -0.2) is 77.2 Å². The van der Waals surface area contributed by atoms with Gasteiger partial charge in [0.15, 0.2) is 5.78 Å². The molecule has 3 aromatic rings. The number of aliphatic carboxylic acids is 1.